The van der Waals surface area contributed by atoms with E-state index in [1.54, 1.807) is 0 Å². The highest BCUT2D eigenvalue weighted by atomic mass is 79.9. The smallest absolute Gasteiger partial charge is 0.0627 e. The molecule has 1 saturated carbocycles. The Morgan fingerprint density at radius 1 is 1.41 bits per heavy atom. The van der Waals surface area contributed by atoms with Gasteiger partial charge in [0.15, 0.2) is 0 Å². The van der Waals surface area contributed by atoms with Crippen LogP contribution in [0.4, 0.5) is 0 Å². The van der Waals surface area contributed by atoms with Crippen molar-refractivity contribution in [2.75, 3.05) is 6.61 Å². The number of benzene rings is 1. The SMILES string of the molecule is OCC(NC1CCCC1)c1cc(Cl)ccc1Br. The lowest BCUT2D eigenvalue weighted by molar-refractivity contribution is 0.232. The monoisotopic (exact) mass is 317 g/mol. The largest absolute Gasteiger partial charge is 0.394 e. The Hall–Kier alpha value is -0.0900. The minimum Gasteiger partial charge on any atom is -0.394 e. The van der Waals surface area contributed by atoms with Crippen molar-refractivity contribution in [1.82, 2.24) is 5.32 Å². The standard InChI is InChI=1S/C13H17BrClNO/c14-12-6-5-9(15)7-11(12)13(8-17)16-10-3-1-2-4-10/h5-7,10,13,16-17H,1-4,8H2. The Balaban J connectivity index is 2.13. The van der Waals surface area contributed by atoms with Gasteiger partial charge >= 0.3 is 0 Å². The van der Waals surface area contributed by atoms with Gasteiger partial charge in [-0.15, -0.1) is 0 Å². The van der Waals surface area contributed by atoms with E-state index in [0.717, 1.165) is 10.0 Å². The molecule has 0 aromatic heterocycles. The van der Waals surface area contributed by atoms with Gasteiger partial charge in [-0.2, -0.15) is 0 Å². The van der Waals surface area contributed by atoms with E-state index in [1.807, 2.05) is 18.2 Å². The minimum absolute atomic E-state index is 0.0359. The molecule has 94 valence electrons. The lowest BCUT2D eigenvalue weighted by atomic mass is 10.1. The molecule has 1 unspecified atom stereocenters. The maximum absolute atomic E-state index is 9.53. The van der Waals surface area contributed by atoms with Crippen molar-refractivity contribution in [2.24, 2.45) is 0 Å². The molecule has 1 aromatic carbocycles. The van der Waals surface area contributed by atoms with Gasteiger partial charge in [0, 0.05) is 15.5 Å². The molecule has 2 rings (SSSR count). The molecular weight excluding hydrogens is 302 g/mol. The second kappa shape index (κ2) is 6.19. The first kappa shape index (κ1) is 13.3. The number of halogens is 2. The molecule has 0 amide bonds. The van der Waals surface area contributed by atoms with E-state index in [0.29, 0.717) is 11.1 Å². The van der Waals surface area contributed by atoms with E-state index in [4.69, 9.17) is 11.6 Å². The first-order valence-corrected chi connectivity index (χ1v) is 7.19. The van der Waals surface area contributed by atoms with Crippen molar-refractivity contribution in [3.8, 4) is 0 Å². The van der Waals surface area contributed by atoms with Gasteiger partial charge in [-0.3, -0.25) is 0 Å². The molecule has 0 heterocycles. The van der Waals surface area contributed by atoms with Gasteiger partial charge in [-0.05, 0) is 36.6 Å². The van der Waals surface area contributed by atoms with Crippen LogP contribution < -0.4 is 5.32 Å². The summed E-state index contributed by atoms with van der Waals surface area (Å²) in [5.74, 6) is 0. The molecular formula is C13H17BrClNO. The topological polar surface area (TPSA) is 32.3 Å². The average Bonchev–Trinajstić information content (AvgIpc) is 2.82. The van der Waals surface area contributed by atoms with Gasteiger partial charge in [-0.25, -0.2) is 0 Å². The van der Waals surface area contributed by atoms with Gasteiger partial charge in [0.2, 0.25) is 0 Å². The van der Waals surface area contributed by atoms with Crippen LogP contribution in [0.3, 0.4) is 0 Å². The zero-order valence-electron chi connectivity index (χ0n) is 9.63. The summed E-state index contributed by atoms with van der Waals surface area (Å²) < 4.78 is 0.992. The highest BCUT2D eigenvalue weighted by Crippen LogP contribution is 2.28. The van der Waals surface area contributed by atoms with E-state index in [9.17, 15) is 5.11 Å². The maximum atomic E-state index is 9.53. The zero-order valence-corrected chi connectivity index (χ0v) is 12.0. The van der Waals surface area contributed by atoms with Crippen LogP contribution in [0.1, 0.15) is 37.3 Å². The fraction of sp³-hybridized carbons (Fsp3) is 0.538. The summed E-state index contributed by atoms with van der Waals surface area (Å²) in [4.78, 5) is 0. The van der Waals surface area contributed by atoms with Crippen molar-refractivity contribution in [2.45, 2.75) is 37.8 Å². The fourth-order valence-electron chi connectivity index (χ4n) is 2.40. The predicted octanol–water partition coefficient (Wildman–Crippen LogP) is 3.67. The molecule has 1 atom stereocenters. The Kier molecular flexibility index (Phi) is 4.86. The summed E-state index contributed by atoms with van der Waals surface area (Å²) >= 11 is 9.52. The van der Waals surface area contributed by atoms with E-state index in [1.165, 1.54) is 25.7 Å². The first-order valence-electron chi connectivity index (χ1n) is 6.02. The summed E-state index contributed by atoms with van der Waals surface area (Å²) in [6, 6.07) is 6.17. The van der Waals surface area contributed by atoms with E-state index >= 15 is 0 Å². The number of aliphatic hydroxyl groups is 1. The van der Waals surface area contributed by atoms with Gasteiger partial charge in [0.25, 0.3) is 0 Å². The second-order valence-corrected chi connectivity index (χ2v) is 5.84. The normalized spacial score (nSPS) is 18.5. The Morgan fingerprint density at radius 2 is 2.12 bits per heavy atom. The van der Waals surface area contributed by atoms with Crippen molar-refractivity contribution >= 4 is 27.5 Å². The lowest BCUT2D eigenvalue weighted by Gasteiger charge is -2.22. The van der Waals surface area contributed by atoms with Gasteiger partial charge in [0.05, 0.1) is 12.6 Å². The van der Waals surface area contributed by atoms with Crippen molar-refractivity contribution < 1.29 is 5.11 Å². The maximum Gasteiger partial charge on any atom is 0.0627 e. The molecule has 0 bridgehead atoms. The Bertz CT molecular complexity index is 380. The van der Waals surface area contributed by atoms with Gasteiger partial charge in [0.1, 0.15) is 0 Å². The molecule has 2 N–H and O–H groups in total. The molecule has 1 aromatic rings. The van der Waals surface area contributed by atoms with E-state index < -0.39 is 0 Å². The Morgan fingerprint density at radius 3 is 2.76 bits per heavy atom. The fourth-order valence-corrected chi connectivity index (χ4v) is 3.10. The third-order valence-electron chi connectivity index (χ3n) is 3.31. The number of aliphatic hydroxyl groups excluding tert-OH is 1. The van der Waals surface area contributed by atoms with Crippen LogP contribution in [0, 0.1) is 0 Å². The molecule has 0 aliphatic heterocycles. The zero-order chi connectivity index (χ0) is 12.3. The van der Waals surface area contributed by atoms with Crippen LogP contribution in [0.2, 0.25) is 5.02 Å². The molecule has 0 spiro atoms. The van der Waals surface area contributed by atoms with Crippen LogP contribution in [-0.4, -0.2) is 17.8 Å². The van der Waals surface area contributed by atoms with Gasteiger partial charge < -0.3 is 10.4 Å². The summed E-state index contributed by atoms with van der Waals surface area (Å²) in [5, 5.41) is 13.7. The molecule has 1 aliphatic rings. The minimum atomic E-state index is -0.0359. The van der Waals surface area contributed by atoms with Crippen LogP contribution in [0.15, 0.2) is 22.7 Å². The predicted molar refractivity (Wildman–Crippen MR) is 74.4 cm³/mol. The lowest BCUT2D eigenvalue weighted by Crippen LogP contribution is -2.32. The second-order valence-electron chi connectivity index (χ2n) is 4.55. The molecule has 1 aliphatic carbocycles. The van der Waals surface area contributed by atoms with Crippen molar-refractivity contribution in [1.29, 1.82) is 0 Å². The van der Waals surface area contributed by atoms with Crippen molar-refractivity contribution in [3.63, 3.8) is 0 Å². The van der Waals surface area contributed by atoms with E-state index in [2.05, 4.69) is 21.2 Å². The third kappa shape index (κ3) is 3.44. The molecule has 17 heavy (non-hydrogen) atoms. The number of hydrogen-bond donors (Lipinski definition) is 2. The molecule has 0 radical (unpaired) electrons. The molecule has 2 nitrogen and oxygen atoms in total. The van der Waals surface area contributed by atoms with Gasteiger partial charge in [-0.1, -0.05) is 40.4 Å². The number of nitrogens with one attached hydrogen (secondary N) is 1. The summed E-state index contributed by atoms with van der Waals surface area (Å²) in [5.41, 5.74) is 1.03. The van der Waals surface area contributed by atoms with E-state index in [-0.39, 0.29) is 12.6 Å². The summed E-state index contributed by atoms with van der Waals surface area (Å²) in [6.45, 7) is 0.0927. The van der Waals surface area contributed by atoms with Crippen LogP contribution >= 0.6 is 27.5 Å². The van der Waals surface area contributed by atoms with Crippen LogP contribution in [0.25, 0.3) is 0 Å². The molecule has 0 saturated heterocycles. The quantitative estimate of drug-likeness (QED) is 0.888. The third-order valence-corrected chi connectivity index (χ3v) is 4.27. The number of rotatable bonds is 4. The number of hydrogen-bond acceptors (Lipinski definition) is 2. The summed E-state index contributed by atoms with van der Waals surface area (Å²) in [7, 11) is 0. The molecule has 1 fully saturated rings. The first-order chi connectivity index (χ1) is 8.20. The van der Waals surface area contributed by atoms with Crippen LogP contribution in [0.5, 0.6) is 0 Å². The Labute approximate surface area is 115 Å². The highest BCUT2D eigenvalue weighted by Gasteiger charge is 2.21. The summed E-state index contributed by atoms with van der Waals surface area (Å²) in [6.07, 6.45) is 4.97. The van der Waals surface area contributed by atoms with Crippen molar-refractivity contribution in [3.05, 3.63) is 33.3 Å². The van der Waals surface area contributed by atoms with Crippen LogP contribution in [-0.2, 0) is 0 Å². The average molecular weight is 319 g/mol. The highest BCUT2D eigenvalue weighted by molar-refractivity contribution is 9.10. The molecule has 4 heteroatoms.